The average molecular weight is 361 g/mol. The summed E-state index contributed by atoms with van der Waals surface area (Å²) in [6, 6.07) is 8.82. The van der Waals surface area contributed by atoms with Crippen molar-refractivity contribution < 1.29 is 0 Å². The van der Waals surface area contributed by atoms with E-state index in [1.54, 1.807) is 0 Å². The predicted octanol–water partition coefficient (Wildman–Crippen LogP) is 6.29. The van der Waals surface area contributed by atoms with Gasteiger partial charge in [0.05, 0.1) is 0 Å². The first-order valence-electron chi connectivity index (χ1n) is 10.7. The minimum Gasteiger partial charge on any atom is -0.229 e. The Balaban J connectivity index is 1.56. The average Bonchev–Trinajstić information content (AvgIpc) is 2.74. The molecule has 0 radical (unpaired) electrons. The van der Waals surface area contributed by atoms with E-state index in [2.05, 4.69) is 59.9 Å². The molecule has 1 heterocycles. The van der Waals surface area contributed by atoms with Gasteiger partial charge in [0.1, 0.15) is 0 Å². The van der Waals surface area contributed by atoms with Crippen molar-refractivity contribution in [2.75, 3.05) is 0 Å². The van der Waals surface area contributed by atoms with Crippen LogP contribution in [0.2, 0.25) is 0 Å². The molecule has 142 valence electrons. The fourth-order valence-corrected chi connectivity index (χ4v) is 4.00. The Hall–Kier alpha value is -2.14. The molecule has 1 aliphatic carbocycles. The van der Waals surface area contributed by atoms with E-state index in [9.17, 15) is 0 Å². The smallest absolute Gasteiger partial charge is 0.205 e. The van der Waals surface area contributed by atoms with Gasteiger partial charge in [0.15, 0.2) is 0 Å². The second-order valence-electron chi connectivity index (χ2n) is 7.87. The zero-order chi connectivity index (χ0) is 18.9. The molecule has 0 aliphatic heterocycles. The topological polar surface area (TPSA) is 25.8 Å². The van der Waals surface area contributed by atoms with Crippen LogP contribution in [0.5, 0.6) is 0 Å². The first-order chi connectivity index (χ1) is 13.3. The van der Waals surface area contributed by atoms with Gasteiger partial charge in [0, 0.05) is 18.0 Å². The van der Waals surface area contributed by atoms with E-state index in [4.69, 9.17) is 0 Å². The number of hydrogen-bond acceptors (Lipinski definition) is 2. The highest BCUT2D eigenvalue weighted by molar-refractivity contribution is 5.40. The van der Waals surface area contributed by atoms with Crippen molar-refractivity contribution >= 4 is 0 Å². The van der Waals surface area contributed by atoms with Crippen LogP contribution in [0.25, 0.3) is 0 Å². The van der Waals surface area contributed by atoms with Crippen LogP contribution in [-0.2, 0) is 6.42 Å². The lowest BCUT2D eigenvalue weighted by molar-refractivity contribution is 0.319. The Morgan fingerprint density at radius 2 is 1.59 bits per heavy atom. The molecule has 0 spiro atoms. The number of aromatic nitrogens is 2. The molecular formula is C25H32N2. The van der Waals surface area contributed by atoms with Gasteiger partial charge in [0.2, 0.25) is 5.82 Å². The van der Waals surface area contributed by atoms with Crippen molar-refractivity contribution in [2.45, 2.75) is 77.6 Å². The number of aryl methyl sites for hydroxylation is 1. The summed E-state index contributed by atoms with van der Waals surface area (Å²) in [5.74, 6) is 8.59. The molecule has 0 N–H and O–H groups in total. The summed E-state index contributed by atoms with van der Waals surface area (Å²) in [7, 11) is 0. The van der Waals surface area contributed by atoms with E-state index in [-0.39, 0.29) is 0 Å². The van der Waals surface area contributed by atoms with E-state index in [1.807, 2.05) is 12.4 Å². The lowest BCUT2D eigenvalue weighted by atomic mass is 9.78. The maximum absolute atomic E-state index is 4.39. The molecule has 1 saturated carbocycles. The normalized spacial score (nSPS) is 19.3. The van der Waals surface area contributed by atoms with Crippen LogP contribution >= 0.6 is 0 Å². The molecule has 2 aromatic rings. The summed E-state index contributed by atoms with van der Waals surface area (Å²) in [4.78, 5) is 8.79. The SMILES string of the molecule is CCCCCc1cnc(C#Cc2ccc(C3CCC(CC)CC3)cc2)nc1. The highest BCUT2D eigenvalue weighted by Gasteiger charge is 2.20. The van der Waals surface area contributed by atoms with Gasteiger partial charge in [-0.2, -0.15) is 0 Å². The van der Waals surface area contributed by atoms with Crippen LogP contribution in [0.3, 0.4) is 0 Å². The minimum atomic E-state index is 0.608. The lowest BCUT2D eigenvalue weighted by Gasteiger charge is -2.28. The third kappa shape index (κ3) is 5.93. The molecule has 0 unspecified atom stereocenters. The fourth-order valence-electron chi connectivity index (χ4n) is 4.00. The second-order valence-corrected chi connectivity index (χ2v) is 7.87. The summed E-state index contributed by atoms with van der Waals surface area (Å²) in [6.45, 7) is 4.54. The van der Waals surface area contributed by atoms with Crippen molar-refractivity contribution in [1.29, 1.82) is 0 Å². The minimum absolute atomic E-state index is 0.608. The first kappa shape index (κ1) is 19.6. The van der Waals surface area contributed by atoms with Gasteiger partial charge < -0.3 is 0 Å². The number of nitrogens with zero attached hydrogens (tertiary/aromatic N) is 2. The standard InChI is InChI=1S/C25H32N2/c1-3-5-6-7-22-18-26-25(27-19-22)17-12-21-10-15-24(16-11-21)23-13-8-20(4-2)9-14-23/h10-11,15-16,18-20,23H,3-9,13-14H2,1-2H3. The Morgan fingerprint density at radius 3 is 2.22 bits per heavy atom. The van der Waals surface area contributed by atoms with Gasteiger partial charge in [-0.1, -0.05) is 51.2 Å². The van der Waals surface area contributed by atoms with Crippen LogP contribution < -0.4 is 0 Å². The van der Waals surface area contributed by atoms with E-state index in [1.165, 1.54) is 62.5 Å². The Bertz CT molecular complexity index is 742. The molecule has 27 heavy (non-hydrogen) atoms. The Morgan fingerprint density at radius 1 is 0.889 bits per heavy atom. The quantitative estimate of drug-likeness (QED) is 0.447. The van der Waals surface area contributed by atoms with Crippen LogP contribution in [0.1, 0.15) is 93.6 Å². The zero-order valence-corrected chi connectivity index (χ0v) is 16.9. The largest absolute Gasteiger partial charge is 0.229 e. The van der Waals surface area contributed by atoms with Gasteiger partial charge in [-0.05, 0) is 79.5 Å². The van der Waals surface area contributed by atoms with Crippen LogP contribution in [0.4, 0.5) is 0 Å². The molecule has 2 nitrogen and oxygen atoms in total. The van der Waals surface area contributed by atoms with Crippen molar-refractivity contribution in [2.24, 2.45) is 5.92 Å². The Kier molecular flexibility index (Phi) is 7.45. The van der Waals surface area contributed by atoms with Gasteiger partial charge in [-0.25, -0.2) is 9.97 Å². The summed E-state index contributed by atoms with van der Waals surface area (Å²) in [5, 5.41) is 0. The second kappa shape index (κ2) is 10.3. The number of hydrogen-bond donors (Lipinski definition) is 0. The van der Waals surface area contributed by atoms with Gasteiger partial charge >= 0.3 is 0 Å². The molecule has 3 rings (SSSR count). The van der Waals surface area contributed by atoms with Crippen molar-refractivity contribution in [3.8, 4) is 11.8 Å². The van der Waals surface area contributed by atoms with Crippen molar-refractivity contribution in [3.63, 3.8) is 0 Å². The van der Waals surface area contributed by atoms with E-state index in [0.717, 1.165) is 23.8 Å². The molecule has 1 fully saturated rings. The van der Waals surface area contributed by atoms with Gasteiger partial charge in [-0.15, -0.1) is 0 Å². The number of unbranched alkanes of at least 4 members (excludes halogenated alkanes) is 2. The molecular weight excluding hydrogens is 328 g/mol. The van der Waals surface area contributed by atoms with Crippen molar-refractivity contribution in [3.05, 3.63) is 59.2 Å². The maximum Gasteiger partial charge on any atom is 0.205 e. The third-order valence-electron chi connectivity index (χ3n) is 5.90. The molecule has 0 amide bonds. The van der Waals surface area contributed by atoms with Gasteiger partial charge in [-0.3, -0.25) is 0 Å². The summed E-state index contributed by atoms with van der Waals surface area (Å²) in [5.41, 5.74) is 3.72. The monoisotopic (exact) mass is 360 g/mol. The van der Waals surface area contributed by atoms with Crippen LogP contribution in [0.15, 0.2) is 36.7 Å². The summed E-state index contributed by atoms with van der Waals surface area (Å²) in [6.07, 6.45) is 15.4. The highest BCUT2D eigenvalue weighted by Crippen LogP contribution is 2.36. The molecule has 1 aliphatic rings. The molecule has 0 bridgehead atoms. The van der Waals surface area contributed by atoms with E-state index >= 15 is 0 Å². The van der Waals surface area contributed by atoms with Crippen LogP contribution in [-0.4, -0.2) is 9.97 Å². The highest BCUT2D eigenvalue weighted by atomic mass is 14.8. The molecule has 0 atom stereocenters. The zero-order valence-electron chi connectivity index (χ0n) is 16.9. The summed E-state index contributed by atoms with van der Waals surface area (Å²) < 4.78 is 0. The molecule has 2 heteroatoms. The molecule has 1 aromatic heterocycles. The first-order valence-corrected chi connectivity index (χ1v) is 10.7. The number of benzene rings is 1. The van der Waals surface area contributed by atoms with E-state index in [0.29, 0.717) is 5.82 Å². The third-order valence-corrected chi connectivity index (χ3v) is 5.90. The molecule has 1 aromatic carbocycles. The van der Waals surface area contributed by atoms with Crippen LogP contribution in [0, 0.1) is 17.8 Å². The van der Waals surface area contributed by atoms with E-state index < -0.39 is 0 Å². The predicted molar refractivity (Wildman–Crippen MR) is 113 cm³/mol. The summed E-state index contributed by atoms with van der Waals surface area (Å²) >= 11 is 0. The fraction of sp³-hybridized carbons (Fsp3) is 0.520. The van der Waals surface area contributed by atoms with Crippen molar-refractivity contribution in [1.82, 2.24) is 9.97 Å². The number of rotatable bonds is 6. The molecule has 0 saturated heterocycles. The maximum atomic E-state index is 4.39. The Labute approximate surface area is 164 Å². The van der Waals surface area contributed by atoms with Gasteiger partial charge in [0.25, 0.3) is 0 Å². The lowest BCUT2D eigenvalue weighted by Crippen LogP contribution is -2.12.